The molecule has 132 valence electrons. The molecule has 0 saturated carbocycles. The van der Waals surface area contributed by atoms with Crippen LogP contribution in [0.2, 0.25) is 0 Å². The molecule has 4 nitrogen and oxygen atoms in total. The topological polar surface area (TPSA) is 32.8 Å². The van der Waals surface area contributed by atoms with Crippen LogP contribution >= 0.6 is 0 Å². The van der Waals surface area contributed by atoms with E-state index in [0.29, 0.717) is 19.7 Å². The van der Waals surface area contributed by atoms with Gasteiger partial charge >= 0.3 is 0 Å². The van der Waals surface area contributed by atoms with E-state index in [1.807, 2.05) is 23.1 Å². The van der Waals surface area contributed by atoms with Crippen molar-refractivity contribution in [1.29, 1.82) is 0 Å². The van der Waals surface area contributed by atoms with Gasteiger partial charge in [0.25, 0.3) is 0 Å². The molecular weight excluding hydrogens is 312 g/mol. The Morgan fingerprint density at radius 3 is 2.48 bits per heavy atom. The largest absolute Gasteiger partial charge is 0.383 e. The van der Waals surface area contributed by atoms with Gasteiger partial charge in [0.15, 0.2) is 0 Å². The van der Waals surface area contributed by atoms with Crippen LogP contribution in [-0.2, 0) is 16.0 Å². The number of benzene rings is 2. The molecule has 0 unspecified atom stereocenters. The Bertz CT molecular complexity index is 685. The van der Waals surface area contributed by atoms with Crippen molar-refractivity contribution in [1.82, 2.24) is 4.90 Å². The lowest BCUT2D eigenvalue weighted by Gasteiger charge is -2.41. The summed E-state index contributed by atoms with van der Waals surface area (Å²) < 4.78 is 5.24. The second-order valence-electron chi connectivity index (χ2n) is 6.65. The molecule has 0 radical (unpaired) electrons. The number of carbonyl (C=O) groups is 1. The third-order valence-electron chi connectivity index (χ3n) is 4.79. The smallest absolute Gasteiger partial charge is 0.241 e. The lowest BCUT2D eigenvalue weighted by Crippen LogP contribution is -2.57. The maximum absolute atomic E-state index is 12.7. The minimum absolute atomic E-state index is 0.157. The zero-order chi connectivity index (χ0) is 17.6. The Balaban J connectivity index is 1.79. The average molecular weight is 338 g/mol. The summed E-state index contributed by atoms with van der Waals surface area (Å²) in [7, 11) is 1.70. The Hall–Kier alpha value is -2.17. The van der Waals surface area contributed by atoms with E-state index in [1.165, 1.54) is 11.1 Å². The number of hydrogen-bond acceptors (Lipinski definition) is 3. The van der Waals surface area contributed by atoms with Gasteiger partial charge in [-0.05, 0) is 31.0 Å². The van der Waals surface area contributed by atoms with E-state index < -0.39 is 0 Å². The molecule has 1 heterocycles. The van der Waals surface area contributed by atoms with Crippen molar-refractivity contribution in [2.45, 2.75) is 19.4 Å². The number of rotatable bonds is 6. The second kappa shape index (κ2) is 8.28. The molecule has 1 aliphatic rings. The fourth-order valence-electron chi connectivity index (χ4n) is 3.34. The van der Waals surface area contributed by atoms with Crippen molar-refractivity contribution >= 4 is 11.6 Å². The zero-order valence-electron chi connectivity index (χ0n) is 15.0. The summed E-state index contributed by atoms with van der Waals surface area (Å²) in [5.41, 5.74) is 3.49. The first-order chi connectivity index (χ1) is 12.2. The molecule has 2 aromatic rings. The van der Waals surface area contributed by atoms with Gasteiger partial charge in [0.2, 0.25) is 5.91 Å². The summed E-state index contributed by atoms with van der Waals surface area (Å²) in [6.07, 6.45) is 0.931. The summed E-state index contributed by atoms with van der Waals surface area (Å²) >= 11 is 0. The van der Waals surface area contributed by atoms with Gasteiger partial charge in [-0.15, -0.1) is 0 Å². The van der Waals surface area contributed by atoms with Crippen LogP contribution in [0.5, 0.6) is 0 Å². The van der Waals surface area contributed by atoms with Crippen molar-refractivity contribution < 1.29 is 9.53 Å². The van der Waals surface area contributed by atoms with E-state index in [-0.39, 0.29) is 11.9 Å². The van der Waals surface area contributed by atoms with Gasteiger partial charge in [0.05, 0.1) is 13.2 Å². The number of methoxy groups -OCH3 is 1. The molecule has 1 amide bonds. The van der Waals surface area contributed by atoms with Crippen molar-refractivity contribution in [2.24, 2.45) is 0 Å². The second-order valence-corrected chi connectivity index (χ2v) is 6.65. The molecule has 0 aliphatic carbocycles. The molecule has 0 aromatic heterocycles. The van der Waals surface area contributed by atoms with Crippen molar-refractivity contribution in [3.63, 3.8) is 0 Å². The monoisotopic (exact) mass is 338 g/mol. The summed E-state index contributed by atoms with van der Waals surface area (Å²) in [6.45, 7) is 4.63. The van der Waals surface area contributed by atoms with E-state index in [0.717, 1.165) is 18.7 Å². The van der Waals surface area contributed by atoms with Crippen LogP contribution in [-0.4, -0.2) is 50.2 Å². The molecule has 25 heavy (non-hydrogen) atoms. The van der Waals surface area contributed by atoms with Crippen molar-refractivity contribution in [3.05, 3.63) is 65.7 Å². The van der Waals surface area contributed by atoms with Gasteiger partial charge in [-0.2, -0.15) is 0 Å². The zero-order valence-corrected chi connectivity index (χ0v) is 15.0. The number of hydrogen-bond donors (Lipinski definition) is 0. The van der Waals surface area contributed by atoms with Gasteiger partial charge in [-0.1, -0.05) is 48.0 Å². The van der Waals surface area contributed by atoms with Crippen LogP contribution in [0, 0.1) is 6.92 Å². The van der Waals surface area contributed by atoms with Crippen molar-refractivity contribution in [3.8, 4) is 0 Å². The highest BCUT2D eigenvalue weighted by Crippen LogP contribution is 2.22. The van der Waals surface area contributed by atoms with E-state index in [2.05, 4.69) is 48.2 Å². The molecule has 1 saturated heterocycles. The first-order valence-corrected chi connectivity index (χ1v) is 8.81. The van der Waals surface area contributed by atoms with E-state index in [1.54, 1.807) is 7.11 Å². The molecule has 1 fully saturated rings. The number of amides is 1. The number of piperazine rings is 1. The Morgan fingerprint density at radius 1 is 1.08 bits per heavy atom. The molecule has 4 heteroatoms. The van der Waals surface area contributed by atoms with Crippen LogP contribution in [0.4, 0.5) is 5.69 Å². The normalized spacial score (nSPS) is 18.6. The summed E-state index contributed by atoms with van der Waals surface area (Å²) in [4.78, 5) is 16.9. The maximum Gasteiger partial charge on any atom is 0.241 e. The molecule has 1 atom stereocenters. The summed E-state index contributed by atoms with van der Waals surface area (Å²) in [6, 6.07) is 19.0. The van der Waals surface area contributed by atoms with E-state index in [9.17, 15) is 4.79 Å². The Kier molecular flexibility index (Phi) is 5.84. The SMILES string of the molecule is COCCN1CC(=O)N(c2ccc(C)cc2)C[C@@H]1Cc1ccccc1. The molecule has 3 rings (SSSR count). The average Bonchev–Trinajstić information content (AvgIpc) is 2.63. The highest BCUT2D eigenvalue weighted by atomic mass is 16.5. The van der Waals surface area contributed by atoms with Crippen LogP contribution in [0.3, 0.4) is 0 Å². The van der Waals surface area contributed by atoms with Gasteiger partial charge in [-0.25, -0.2) is 0 Å². The number of anilines is 1. The highest BCUT2D eigenvalue weighted by molar-refractivity contribution is 5.95. The van der Waals surface area contributed by atoms with Gasteiger partial charge < -0.3 is 9.64 Å². The fourth-order valence-corrected chi connectivity index (χ4v) is 3.34. The minimum Gasteiger partial charge on any atom is -0.383 e. The van der Waals surface area contributed by atoms with Crippen LogP contribution in [0.25, 0.3) is 0 Å². The van der Waals surface area contributed by atoms with Gasteiger partial charge in [0, 0.05) is 31.9 Å². The van der Waals surface area contributed by atoms with Gasteiger partial charge in [0.1, 0.15) is 0 Å². The number of ether oxygens (including phenoxy) is 1. The van der Waals surface area contributed by atoms with Crippen LogP contribution < -0.4 is 4.90 Å². The lowest BCUT2D eigenvalue weighted by molar-refractivity contribution is -0.122. The number of aryl methyl sites for hydroxylation is 1. The molecule has 1 aliphatic heterocycles. The lowest BCUT2D eigenvalue weighted by atomic mass is 10.0. The van der Waals surface area contributed by atoms with Crippen molar-refractivity contribution in [2.75, 3.05) is 38.3 Å². The summed E-state index contributed by atoms with van der Waals surface area (Å²) in [5, 5.41) is 0. The molecule has 0 N–H and O–H groups in total. The van der Waals surface area contributed by atoms with Crippen LogP contribution in [0.15, 0.2) is 54.6 Å². The number of nitrogens with zero attached hydrogens (tertiary/aromatic N) is 2. The van der Waals surface area contributed by atoms with Crippen LogP contribution in [0.1, 0.15) is 11.1 Å². The van der Waals surface area contributed by atoms with E-state index >= 15 is 0 Å². The van der Waals surface area contributed by atoms with E-state index in [4.69, 9.17) is 4.74 Å². The minimum atomic E-state index is 0.157. The first kappa shape index (κ1) is 17.6. The fraction of sp³-hybridized carbons (Fsp3) is 0.381. The predicted molar refractivity (Wildman–Crippen MR) is 101 cm³/mol. The predicted octanol–water partition coefficient (Wildman–Crippen LogP) is 2.90. The molecular formula is C21H26N2O2. The quantitative estimate of drug-likeness (QED) is 0.812. The Labute approximate surface area is 150 Å². The summed E-state index contributed by atoms with van der Waals surface area (Å²) in [5.74, 6) is 0.157. The molecule has 0 spiro atoms. The standard InChI is InChI=1S/C21H26N2O2/c1-17-8-10-19(11-9-17)23-15-20(14-18-6-4-3-5-7-18)22(12-13-25-2)16-21(23)24/h3-11,20H,12-16H2,1-2H3/t20-/m0/s1. The first-order valence-electron chi connectivity index (χ1n) is 8.81. The third kappa shape index (κ3) is 4.47. The maximum atomic E-state index is 12.7. The third-order valence-corrected chi connectivity index (χ3v) is 4.79. The molecule has 2 aromatic carbocycles. The number of carbonyl (C=O) groups excluding carboxylic acids is 1. The van der Waals surface area contributed by atoms with Gasteiger partial charge in [-0.3, -0.25) is 9.69 Å². The highest BCUT2D eigenvalue weighted by Gasteiger charge is 2.32. The Morgan fingerprint density at radius 2 is 1.80 bits per heavy atom. The molecule has 0 bridgehead atoms.